The lowest BCUT2D eigenvalue weighted by molar-refractivity contribution is 0.0389. The molecule has 10 heteroatoms. The second kappa shape index (κ2) is 11.4. The number of guanidine groups is 1. The zero-order valence-electron chi connectivity index (χ0n) is 15.1. The first-order chi connectivity index (χ1) is 10.7. The van der Waals surface area contributed by atoms with E-state index in [4.69, 9.17) is 4.74 Å². The minimum atomic E-state index is -3.25. The average molecular weight is 477 g/mol. The Labute approximate surface area is 163 Å². The molecule has 0 unspecified atom stereocenters. The number of hydrogen-bond donors (Lipinski definition) is 3. The quantitative estimate of drug-likeness (QED) is 0.255. The van der Waals surface area contributed by atoms with Gasteiger partial charge in [-0.25, -0.2) is 13.1 Å². The molecule has 0 spiro atoms. The maximum atomic E-state index is 11.4. The van der Waals surface area contributed by atoms with Crippen molar-refractivity contribution in [1.29, 1.82) is 0 Å². The Balaban J connectivity index is 0.00000529. The first-order valence-corrected chi connectivity index (χ1v) is 9.92. The molecule has 144 valence electrons. The summed E-state index contributed by atoms with van der Waals surface area (Å²) in [5, 5.41) is 6.46. The zero-order valence-corrected chi connectivity index (χ0v) is 18.2. The van der Waals surface area contributed by atoms with E-state index < -0.39 is 15.6 Å². The van der Waals surface area contributed by atoms with Gasteiger partial charge in [-0.15, -0.1) is 24.0 Å². The summed E-state index contributed by atoms with van der Waals surface area (Å²) in [5.74, 6) is 0.698. The van der Waals surface area contributed by atoms with Gasteiger partial charge in [0.2, 0.25) is 10.0 Å². The van der Waals surface area contributed by atoms with Gasteiger partial charge >= 0.3 is 0 Å². The molecule has 1 aliphatic rings. The highest BCUT2D eigenvalue weighted by Crippen LogP contribution is 2.04. The second-order valence-corrected chi connectivity index (χ2v) is 8.08. The van der Waals surface area contributed by atoms with E-state index in [2.05, 4.69) is 25.2 Å². The molecule has 1 saturated heterocycles. The van der Waals surface area contributed by atoms with Crippen molar-refractivity contribution < 1.29 is 13.2 Å². The highest BCUT2D eigenvalue weighted by molar-refractivity contribution is 14.0. The molecule has 0 atom stereocenters. The largest absolute Gasteiger partial charge is 0.379 e. The highest BCUT2D eigenvalue weighted by Gasteiger charge is 2.21. The average Bonchev–Trinajstić information content (AvgIpc) is 2.43. The monoisotopic (exact) mass is 477 g/mol. The van der Waals surface area contributed by atoms with Crippen molar-refractivity contribution in [2.75, 3.05) is 58.7 Å². The number of rotatable bonds is 8. The number of halogens is 1. The molecule has 8 nitrogen and oxygen atoms in total. The van der Waals surface area contributed by atoms with Crippen molar-refractivity contribution in [3.8, 4) is 0 Å². The van der Waals surface area contributed by atoms with Gasteiger partial charge in [0, 0.05) is 38.3 Å². The molecule has 1 rings (SSSR count). The normalized spacial score (nSPS) is 17.2. The van der Waals surface area contributed by atoms with Crippen LogP contribution in [0.5, 0.6) is 0 Å². The molecule has 0 aromatic rings. The third-order valence-corrected chi connectivity index (χ3v) is 4.19. The summed E-state index contributed by atoms with van der Waals surface area (Å²) >= 11 is 0. The Bertz CT molecular complexity index is 479. The lowest BCUT2D eigenvalue weighted by atomic mass is 10.1. The fraction of sp³-hybridized carbons (Fsp3) is 0.929. The van der Waals surface area contributed by atoms with Crippen molar-refractivity contribution in [2.45, 2.75) is 26.3 Å². The van der Waals surface area contributed by atoms with Crippen molar-refractivity contribution in [3.05, 3.63) is 0 Å². The summed E-state index contributed by atoms with van der Waals surface area (Å²) in [5.41, 5.74) is -0.625. The smallest absolute Gasteiger partial charge is 0.209 e. The van der Waals surface area contributed by atoms with Gasteiger partial charge in [-0.2, -0.15) is 0 Å². The van der Waals surface area contributed by atoms with Crippen LogP contribution in [-0.4, -0.2) is 83.6 Å². The number of nitrogens with one attached hydrogen (secondary N) is 3. The van der Waals surface area contributed by atoms with Gasteiger partial charge < -0.3 is 15.4 Å². The van der Waals surface area contributed by atoms with Gasteiger partial charge in [0.25, 0.3) is 0 Å². The van der Waals surface area contributed by atoms with Crippen molar-refractivity contribution in [2.24, 2.45) is 4.99 Å². The molecule has 1 aliphatic heterocycles. The van der Waals surface area contributed by atoms with E-state index in [-0.39, 0.29) is 24.0 Å². The molecule has 0 radical (unpaired) electrons. The van der Waals surface area contributed by atoms with Crippen molar-refractivity contribution in [1.82, 2.24) is 20.3 Å². The Hall–Kier alpha value is -0.170. The van der Waals surface area contributed by atoms with E-state index >= 15 is 0 Å². The molecule has 0 amide bonds. The summed E-state index contributed by atoms with van der Waals surface area (Å²) in [4.78, 5) is 6.82. The molecule has 0 bridgehead atoms. The minimum absolute atomic E-state index is 0. The number of nitrogens with zero attached hydrogens (tertiary/aromatic N) is 2. The number of sulfonamides is 1. The lowest BCUT2D eigenvalue weighted by Gasteiger charge is -2.27. The fourth-order valence-corrected chi connectivity index (χ4v) is 3.38. The zero-order chi connectivity index (χ0) is 17.3. The van der Waals surface area contributed by atoms with Crippen LogP contribution in [0.3, 0.4) is 0 Å². The predicted octanol–water partition coefficient (Wildman–Crippen LogP) is -0.180. The van der Waals surface area contributed by atoms with Crippen LogP contribution in [0.15, 0.2) is 4.99 Å². The minimum Gasteiger partial charge on any atom is -0.379 e. The molecule has 1 fully saturated rings. The topological polar surface area (TPSA) is 95.1 Å². The van der Waals surface area contributed by atoms with Gasteiger partial charge in [0.05, 0.1) is 26.0 Å². The number of hydrogen-bond acceptors (Lipinski definition) is 5. The summed E-state index contributed by atoms with van der Waals surface area (Å²) in [7, 11) is -3.25. The molecule has 0 aromatic carbocycles. The molecule has 0 saturated carbocycles. The molecular weight excluding hydrogens is 445 g/mol. The van der Waals surface area contributed by atoms with Crippen LogP contribution < -0.4 is 15.4 Å². The Morgan fingerprint density at radius 3 is 2.42 bits per heavy atom. The summed E-state index contributed by atoms with van der Waals surface area (Å²) in [6, 6.07) is 0. The standard InChI is InChI=1S/C14H31N5O3S.HI/c1-5-15-13(16-6-7-19-8-10-22-11-9-19)17-12-14(2,3)18-23(4,20)21;/h18H,5-12H2,1-4H3,(H2,15,16,17);1H. The van der Waals surface area contributed by atoms with Crippen molar-refractivity contribution >= 4 is 40.0 Å². The third kappa shape index (κ3) is 11.4. The van der Waals surface area contributed by atoms with Crippen molar-refractivity contribution in [3.63, 3.8) is 0 Å². The summed E-state index contributed by atoms with van der Waals surface area (Å²) in [6.07, 6.45) is 1.16. The van der Waals surface area contributed by atoms with Crippen LogP contribution in [0.1, 0.15) is 20.8 Å². The molecule has 24 heavy (non-hydrogen) atoms. The first-order valence-electron chi connectivity index (χ1n) is 8.03. The number of aliphatic imine (C=N–C) groups is 1. The van der Waals surface area contributed by atoms with Crippen LogP contribution >= 0.6 is 24.0 Å². The van der Waals surface area contributed by atoms with Crippen LogP contribution in [-0.2, 0) is 14.8 Å². The fourth-order valence-electron chi connectivity index (χ4n) is 2.31. The van der Waals surface area contributed by atoms with E-state index in [1.165, 1.54) is 0 Å². The SMILES string of the molecule is CCNC(=NCC(C)(C)NS(C)(=O)=O)NCCN1CCOCC1.I. The van der Waals surface area contributed by atoms with Gasteiger partial charge in [0.15, 0.2) is 5.96 Å². The van der Waals surface area contributed by atoms with Gasteiger partial charge in [0.1, 0.15) is 0 Å². The lowest BCUT2D eigenvalue weighted by Crippen LogP contribution is -2.47. The van der Waals surface area contributed by atoms with Crippen LogP contribution in [0.2, 0.25) is 0 Å². The molecule has 0 aromatic heterocycles. The van der Waals surface area contributed by atoms with E-state index in [0.717, 1.165) is 52.2 Å². The Morgan fingerprint density at radius 2 is 1.88 bits per heavy atom. The number of ether oxygens (including phenoxy) is 1. The highest BCUT2D eigenvalue weighted by atomic mass is 127. The van der Waals surface area contributed by atoms with E-state index in [0.29, 0.717) is 12.5 Å². The van der Waals surface area contributed by atoms with Gasteiger partial charge in [-0.3, -0.25) is 9.89 Å². The van der Waals surface area contributed by atoms with Crippen LogP contribution in [0.25, 0.3) is 0 Å². The van der Waals surface area contributed by atoms with E-state index in [9.17, 15) is 8.42 Å². The summed E-state index contributed by atoms with van der Waals surface area (Å²) < 4.78 is 30.6. The molecule has 1 heterocycles. The Kier molecular flexibility index (Phi) is 11.4. The predicted molar refractivity (Wildman–Crippen MR) is 109 cm³/mol. The van der Waals surface area contributed by atoms with E-state index in [1.54, 1.807) is 0 Å². The maximum absolute atomic E-state index is 11.4. The van der Waals surface area contributed by atoms with Gasteiger partial charge in [-0.05, 0) is 20.8 Å². The van der Waals surface area contributed by atoms with Crippen LogP contribution in [0, 0.1) is 0 Å². The van der Waals surface area contributed by atoms with E-state index in [1.807, 2.05) is 20.8 Å². The van der Waals surface area contributed by atoms with Crippen LogP contribution in [0.4, 0.5) is 0 Å². The summed E-state index contributed by atoms with van der Waals surface area (Å²) in [6.45, 7) is 11.9. The molecule has 0 aliphatic carbocycles. The maximum Gasteiger partial charge on any atom is 0.209 e. The first kappa shape index (κ1) is 23.8. The molecular formula is C14H32IN5O3S. The molecule has 3 N–H and O–H groups in total. The Morgan fingerprint density at radius 1 is 1.25 bits per heavy atom. The number of morpholine rings is 1. The second-order valence-electron chi connectivity index (χ2n) is 6.33. The third-order valence-electron chi connectivity index (χ3n) is 3.26. The van der Waals surface area contributed by atoms with Gasteiger partial charge in [-0.1, -0.05) is 0 Å².